The summed E-state index contributed by atoms with van der Waals surface area (Å²) in [6, 6.07) is 4.01. The summed E-state index contributed by atoms with van der Waals surface area (Å²) in [4.78, 5) is 25.8. The Balaban J connectivity index is 1.73. The molecule has 1 aromatic carbocycles. The first-order chi connectivity index (χ1) is 12.5. The number of carbonyl (C=O) groups is 2. The van der Waals surface area contributed by atoms with Gasteiger partial charge in [0, 0.05) is 19.0 Å². The number of fused-ring (bicyclic) bond motifs is 1. The Kier molecular flexibility index (Phi) is 5.69. The fourth-order valence-corrected chi connectivity index (χ4v) is 3.98. The zero-order chi connectivity index (χ0) is 18.7. The second-order valence-corrected chi connectivity index (χ2v) is 6.99. The molecule has 1 fully saturated rings. The van der Waals surface area contributed by atoms with E-state index in [-0.39, 0.29) is 17.7 Å². The van der Waals surface area contributed by atoms with Crippen molar-refractivity contribution < 1.29 is 24.2 Å². The number of carboxylic acids is 1. The molecule has 0 aromatic heterocycles. The van der Waals surface area contributed by atoms with E-state index < -0.39 is 5.97 Å². The smallest absolute Gasteiger partial charge is 0.306 e. The lowest BCUT2D eigenvalue weighted by Gasteiger charge is -2.31. The molecule has 2 aliphatic rings. The van der Waals surface area contributed by atoms with Gasteiger partial charge >= 0.3 is 5.97 Å². The van der Waals surface area contributed by atoms with Gasteiger partial charge in [0.05, 0.1) is 19.1 Å². The summed E-state index contributed by atoms with van der Waals surface area (Å²) in [7, 11) is 0. The van der Waals surface area contributed by atoms with Gasteiger partial charge in [-0.1, -0.05) is 0 Å². The third-order valence-corrected chi connectivity index (χ3v) is 5.32. The molecule has 1 amide bonds. The molecule has 0 saturated heterocycles. The van der Waals surface area contributed by atoms with Crippen LogP contribution in [-0.4, -0.2) is 41.6 Å². The van der Waals surface area contributed by atoms with Crippen molar-refractivity contribution in [1.29, 1.82) is 0 Å². The molecule has 3 rings (SSSR count). The van der Waals surface area contributed by atoms with Crippen LogP contribution in [-0.2, 0) is 22.6 Å². The van der Waals surface area contributed by atoms with Gasteiger partial charge in [-0.3, -0.25) is 9.59 Å². The van der Waals surface area contributed by atoms with E-state index in [4.69, 9.17) is 14.6 Å². The molecule has 1 aliphatic heterocycles. The Morgan fingerprint density at radius 3 is 2.27 bits per heavy atom. The Hall–Kier alpha value is -2.24. The number of aliphatic carboxylic acids is 1. The number of hydrogen-bond donors (Lipinski definition) is 1. The lowest BCUT2D eigenvalue weighted by atomic mass is 9.96. The summed E-state index contributed by atoms with van der Waals surface area (Å²) < 4.78 is 11.4. The number of hydrogen-bond acceptors (Lipinski definition) is 4. The SMILES string of the molecule is CCOc1cc2c(cc1OCC)CN(C(=O)[C@@H]1CC[C@H](C(=O)O)C1)CC2. The fraction of sp³-hybridized carbons (Fsp3) is 0.600. The van der Waals surface area contributed by atoms with Crippen LogP contribution in [0.3, 0.4) is 0 Å². The molecule has 1 N–H and O–H groups in total. The minimum atomic E-state index is -0.783. The maximum absolute atomic E-state index is 12.8. The minimum absolute atomic E-state index is 0.0891. The van der Waals surface area contributed by atoms with E-state index in [1.165, 1.54) is 5.56 Å². The molecule has 6 heteroatoms. The zero-order valence-electron chi connectivity index (χ0n) is 15.5. The lowest BCUT2D eigenvalue weighted by molar-refractivity contribution is -0.141. The molecule has 6 nitrogen and oxygen atoms in total. The van der Waals surface area contributed by atoms with Gasteiger partial charge in [-0.15, -0.1) is 0 Å². The van der Waals surface area contributed by atoms with Gasteiger partial charge in [0.25, 0.3) is 0 Å². The molecule has 0 spiro atoms. The number of rotatable bonds is 6. The van der Waals surface area contributed by atoms with Crippen molar-refractivity contribution in [2.24, 2.45) is 11.8 Å². The van der Waals surface area contributed by atoms with Crippen LogP contribution >= 0.6 is 0 Å². The van der Waals surface area contributed by atoms with Gasteiger partial charge in [-0.2, -0.15) is 0 Å². The quantitative estimate of drug-likeness (QED) is 0.843. The summed E-state index contributed by atoms with van der Waals surface area (Å²) in [6.07, 6.45) is 2.52. The first-order valence-corrected chi connectivity index (χ1v) is 9.46. The van der Waals surface area contributed by atoms with Crippen LogP contribution in [0, 0.1) is 11.8 Å². The second kappa shape index (κ2) is 7.98. The van der Waals surface area contributed by atoms with Crippen molar-refractivity contribution in [2.75, 3.05) is 19.8 Å². The molecular weight excluding hydrogens is 334 g/mol. The number of carbonyl (C=O) groups excluding carboxylic acids is 1. The lowest BCUT2D eigenvalue weighted by Crippen LogP contribution is -2.39. The average molecular weight is 361 g/mol. The van der Waals surface area contributed by atoms with Crippen LogP contribution in [0.25, 0.3) is 0 Å². The van der Waals surface area contributed by atoms with E-state index >= 15 is 0 Å². The van der Waals surface area contributed by atoms with Crippen LogP contribution < -0.4 is 9.47 Å². The first-order valence-electron chi connectivity index (χ1n) is 9.46. The van der Waals surface area contributed by atoms with E-state index in [1.807, 2.05) is 30.9 Å². The molecule has 0 bridgehead atoms. The topological polar surface area (TPSA) is 76.1 Å². The van der Waals surface area contributed by atoms with E-state index in [0.717, 1.165) is 17.7 Å². The Bertz CT molecular complexity index is 687. The monoisotopic (exact) mass is 361 g/mol. The minimum Gasteiger partial charge on any atom is -0.490 e. The Labute approximate surface area is 154 Å². The maximum Gasteiger partial charge on any atom is 0.306 e. The molecule has 1 aromatic rings. The molecule has 142 valence electrons. The normalized spacial score (nSPS) is 22.0. The molecule has 0 unspecified atom stereocenters. The molecule has 1 heterocycles. The number of amides is 1. The van der Waals surface area contributed by atoms with Crippen molar-refractivity contribution >= 4 is 11.9 Å². The summed E-state index contributed by atoms with van der Waals surface area (Å²) in [6.45, 7) is 6.23. The van der Waals surface area contributed by atoms with Gasteiger partial charge < -0.3 is 19.5 Å². The fourth-order valence-electron chi connectivity index (χ4n) is 3.98. The van der Waals surface area contributed by atoms with Crippen LogP contribution in [0.15, 0.2) is 12.1 Å². The largest absolute Gasteiger partial charge is 0.490 e. The second-order valence-electron chi connectivity index (χ2n) is 6.99. The third-order valence-electron chi connectivity index (χ3n) is 5.32. The van der Waals surface area contributed by atoms with E-state index in [9.17, 15) is 9.59 Å². The molecular formula is C20H27NO5. The highest BCUT2D eigenvalue weighted by atomic mass is 16.5. The average Bonchev–Trinajstić information content (AvgIpc) is 3.12. The summed E-state index contributed by atoms with van der Waals surface area (Å²) in [5.41, 5.74) is 2.28. The molecule has 1 aliphatic carbocycles. The maximum atomic E-state index is 12.8. The van der Waals surface area contributed by atoms with E-state index in [2.05, 4.69) is 0 Å². The molecule has 1 saturated carbocycles. The predicted molar refractivity (Wildman–Crippen MR) is 96.4 cm³/mol. The highest BCUT2D eigenvalue weighted by Gasteiger charge is 2.36. The first kappa shape index (κ1) is 18.5. The van der Waals surface area contributed by atoms with Crippen molar-refractivity contribution in [1.82, 2.24) is 4.90 Å². The summed E-state index contributed by atoms with van der Waals surface area (Å²) >= 11 is 0. The van der Waals surface area contributed by atoms with Gasteiger partial charge in [0.2, 0.25) is 5.91 Å². The van der Waals surface area contributed by atoms with Crippen molar-refractivity contribution in [3.63, 3.8) is 0 Å². The number of benzene rings is 1. The van der Waals surface area contributed by atoms with Crippen molar-refractivity contribution in [3.8, 4) is 11.5 Å². The van der Waals surface area contributed by atoms with Crippen LogP contribution in [0.2, 0.25) is 0 Å². The van der Waals surface area contributed by atoms with E-state index in [0.29, 0.717) is 51.3 Å². The number of nitrogens with zero attached hydrogens (tertiary/aromatic N) is 1. The molecule has 26 heavy (non-hydrogen) atoms. The molecule has 2 atom stereocenters. The molecule has 0 radical (unpaired) electrons. The standard InChI is InChI=1S/C20H27NO5/c1-3-25-17-10-13-7-8-21(12-16(13)11-18(17)26-4-2)19(22)14-5-6-15(9-14)20(23)24/h10-11,14-15H,3-9,12H2,1-2H3,(H,23,24)/t14-,15+/m1/s1. The Morgan fingerprint density at radius 1 is 1.08 bits per heavy atom. The number of carboxylic acid groups (broad SMARTS) is 1. The van der Waals surface area contributed by atoms with Crippen molar-refractivity contribution in [3.05, 3.63) is 23.3 Å². The summed E-state index contributed by atoms with van der Waals surface area (Å²) in [5.74, 6) is 0.244. The number of ether oxygens (including phenoxy) is 2. The van der Waals surface area contributed by atoms with Crippen LogP contribution in [0.1, 0.15) is 44.2 Å². The van der Waals surface area contributed by atoms with Crippen LogP contribution in [0.5, 0.6) is 11.5 Å². The van der Waals surface area contributed by atoms with Gasteiger partial charge in [0.1, 0.15) is 0 Å². The van der Waals surface area contributed by atoms with Gasteiger partial charge in [-0.25, -0.2) is 0 Å². The highest BCUT2D eigenvalue weighted by Crippen LogP contribution is 2.36. The van der Waals surface area contributed by atoms with Gasteiger partial charge in [0.15, 0.2) is 11.5 Å². The zero-order valence-corrected chi connectivity index (χ0v) is 15.5. The van der Waals surface area contributed by atoms with E-state index in [1.54, 1.807) is 0 Å². The van der Waals surface area contributed by atoms with Crippen molar-refractivity contribution in [2.45, 2.75) is 46.1 Å². The predicted octanol–water partition coefficient (Wildman–Crippen LogP) is 2.87. The third kappa shape index (κ3) is 3.79. The Morgan fingerprint density at radius 2 is 1.69 bits per heavy atom. The van der Waals surface area contributed by atoms with Gasteiger partial charge in [-0.05, 0) is 62.8 Å². The highest BCUT2D eigenvalue weighted by molar-refractivity contribution is 5.81. The summed E-state index contributed by atoms with van der Waals surface area (Å²) in [5, 5.41) is 9.15. The van der Waals surface area contributed by atoms with Crippen LogP contribution in [0.4, 0.5) is 0 Å².